The Morgan fingerprint density at radius 2 is 1.79 bits per heavy atom. The predicted octanol–water partition coefficient (Wildman–Crippen LogP) is 4.13. The number of hydrogen-bond donors (Lipinski definition) is 3. The van der Waals surface area contributed by atoms with Gasteiger partial charge < -0.3 is 21.2 Å². The van der Waals surface area contributed by atoms with E-state index in [9.17, 15) is 9.59 Å². The van der Waals surface area contributed by atoms with Gasteiger partial charge in [0.2, 0.25) is 0 Å². The molecule has 0 saturated carbocycles. The van der Waals surface area contributed by atoms with Gasteiger partial charge in [-0.3, -0.25) is 4.79 Å². The third kappa shape index (κ3) is 8.55. The van der Waals surface area contributed by atoms with Gasteiger partial charge in [-0.1, -0.05) is 49.2 Å². The molecule has 4 rings (SSSR count). The fourth-order valence-electron chi connectivity index (χ4n) is 3.14. The van der Waals surface area contributed by atoms with Crippen molar-refractivity contribution in [3.05, 3.63) is 66.4 Å². The van der Waals surface area contributed by atoms with Crippen molar-refractivity contribution in [2.24, 2.45) is 11.5 Å². The van der Waals surface area contributed by atoms with E-state index in [0.29, 0.717) is 6.42 Å². The van der Waals surface area contributed by atoms with E-state index in [-0.39, 0.29) is 5.69 Å². The van der Waals surface area contributed by atoms with Gasteiger partial charge in [-0.15, -0.1) is 0 Å². The van der Waals surface area contributed by atoms with Gasteiger partial charge in [0.25, 0.3) is 5.91 Å². The number of benzene rings is 2. The first-order chi connectivity index (χ1) is 16.2. The largest absolute Gasteiger partial charge is 0.364 e. The number of H-pyrrole nitrogens is 1. The molecule has 9 heteroatoms. The van der Waals surface area contributed by atoms with Crippen LogP contribution >= 0.6 is 11.7 Å². The molecule has 0 fully saturated rings. The zero-order valence-corrected chi connectivity index (χ0v) is 19.6. The fourth-order valence-corrected chi connectivity index (χ4v) is 3.56. The van der Waals surface area contributed by atoms with Gasteiger partial charge in [0.1, 0.15) is 12.1 Å². The maximum absolute atomic E-state index is 10.3. The van der Waals surface area contributed by atoms with E-state index in [1.807, 2.05) is 6.20 Å². The van der Waals surface area contributed by atoms with E-state index in [2.05, 4.69) is 66.9 Å². The molecule has 1 amide bonds. The van der Waals surface area contributed by atoms with Crippen molar-refractivity contribution < 1.29 is 9.59 Å². The van der Waals surface area contributed by atoms with Gasteiger partial charge in [0, 0.05) is 18.4 Å². The first kappa shape index (κ1) is 25.8. The molecular weight excluding hydrogens is 436 g/mol. The third-order valence-corrected chi connectivity index (χ3v) is 5.27. The number of hydrogen-bond acceptors (Lipinski definition) is 7. The highest BCUT2D eigenvalue weighted by molar-refractivity contribution is 6.99. The second-order valence-electron chi connectivity index (χ2n) is 7.08. The summed E-state index contributed by atoms with van der Waals surface area (Å²) in [5, 5.41) is 2.50. The molecule has 33 heavy (non-hydrogen) atoms. The van der Waals surface area contributed by atoms with Crippen molar-refractivity contribution in [1.82, 2.24) is 18.7 Å². The summed E-state index contributed by atoms with van der Waals surface area (Å²) in [5.74, 6) is 0.516. The number of amides is 1. The van der Waals surface area contributed by atoms with Crippen LogP contribution in [-0.4, -0.2) is 38.0 Å². The van der Waals surface area contributed by atoms with E-state index in [4.69, 9.17) is 5.73 Å². The monoisotopic (exact) mass is 466 g/mol. The predicted molar refractivity (Wildman–Crippen MR) is 133 cm³/mol. The first-order valence-electron chi connectivity index (χ1n) is 10.8. The number of nitrogens with one attached hydrogen (secondary N) is 1. The maximum Gasteiger partial charge on any atom is 0.270 e. The number of aromatic nitrogens is 4. The molecule has 8 nitrogen and oxygen atoms in total. The maximum atomic E-state index is 10.3. The smallest absolute Gasteiger partial charge is 0.270 e. The Morgan fingerprint density at radius 3 is 2.45 bits per heavy atom. The molecule has 0 radical (unpaired) electrons. The lowest BCUT2D eigenvalue weighted by Crippen LogP contribution is -2.10. The lowest BCUT2D eigenvalue weighted by Gasteiger charge is -2.02. The van der Waals surface area contributed by atoms with Crippen molar-refractivity contribution in [3.8, 4) is 11.3 Å². The van der Waals surface area contributed by atoms with Crippen LogP contribution in [0.15, 0.2) is 54.9 Å². The van der Waals surface area contributed by atoms with E-state index in [0.717, 1.165) is 61.6 Å². The summed E-state index contributed by atoms with van der Waals surface area (Å²) in [4.78, 5) is 28.4. The van der Waals surface area contributed by atoms with Crippen molar-refractivity contribution >= 4 is 34.7 Å². The Hall–Kier alpha value is -3.43. The van der Waals surface area contributed by atoms with Gasteiger partial charge in [-0.2, -0.15) is 8.75 Å². The minimum atomic E-state index is -0.529. The highest BCUT2D eigenvalue weighted by atomic mass is 32.1. The molecule has 5 N–H and O–H groups in total. The SMILES string of the molecule is CN.NC(=O)c1cnsn1.O=CCCCCCCc1ncc(-c2ccc3ccccc3c2)[nH]1. The van der Waals surface area contributed by atoms with Gasteiger partial charge in [0.05, 0.1) is 29.8 Å². The highest BCUT2D eigenvalue weighted by Crippen LogP contribution is 2.23. The van der Waals surface area contributed by atoms with Crippen molar-refractivity contribution in [2.45, 2.75) is 38.5 Å². The van der Waals surface area contributed by atoms with Crippen LogP contribution < -0.4 is 11.5 Å². The molecule has 2 aromatic heterocycles. The highest BCUT2D eigenvalue weighted by Gasteiger charge is 2.04. The van der Waals surface area contributed by atoms with Crippen molar-refractivity contribution in [3.63, 3.8) is 0 Å². The number of aryl methyl sites for hydroxylation is 1. The molecule has 0 unspecified atom stereocenters. The molecule has 0 bridgehead atoms. The number of carbonyl (C=O) groups is 2. The Labute approximate surface area is 197 Å². The van der Waals surface area contributed by atoms with Crippen LogP contribution in [0.3, 0.4) is 0 Å². The molecule has 0 saturated heterocycles. The van der Waals surface area contributed by atoms with Crippen molar-refractivity contribution in [1.29, 1.82) is 0 Å². The number of primary amides is 1. The molecule has 0 atom stereocenters. The van der Waals surface area contributed by atoms with Crippen LogP contribution in [0.25, 0.3) is 22.0 Å². The van der Waals surface area contributed by atoms with Crippen LogP contribution in [-0.2, 0) is 11.2 Å². The summed E-state index contributed by atoms with van der Waals surface area (Å²) in [6.45, 7) is 0. The number of nitrogens with zero attached hydrogens (tertiary/aromatic N) is 3. The molecule has 0 aliphatic heterocycles. The Morgan fingerprint density at radius 1 is 1.03 bits per heavy atom. The summed E-state index contributed by atoms with van der Waals surface area (Å²) in [6, 6.07) is 14.9. The molecule has 174 valence electrons. The average molecular weight is 467 g/mol. The lowest BCUT2D eigenvalue weighted by atomic mass is 10.1. The number of imidazole rings is 1. The summed E-state index contributed by atoms with van der Waals surface area (Å²) >= 11 is 0.967. The molecule has 2 aromatic carbocycles. The second kappa shape index (κ2) is 14.6. The molecule has 0 spiro atoms. The van der Waals surface area contributed by atoms with Crippen LogP contribution in [0.4, 0.5) is 0 Å². The van der Waals surface area contributed by atoms with Gasteiger partial charge in [0.15, 0.2) is 5.69 Å². The number of aldehydes is 1. The minimum absolute atomic E-state index is 0.231. The first-order valence-corrected chi connectivity index (χ1v) is 11.5. The Bertz CT molecular complexity index is 1110. The lowest BCUT2D eigenvalue weighted by molar-refractivity contribution is -0.107. The Balaban J connectivity index is 0.000000323. The third-order valence-electron chi connectivity index (χ3n) is 4.79. The molecule has 4 aromatic rings. The van der Waals surface area contributed by atoms with Gasteiger partial charge >= 0.3 is 0 Å². The quantitative estimate of drug-likeness (QED) is 0.250. The second-order valence-corrected chi connectivity index (χ2v) is 7.64. The number of fused-ring (bicyclic) bond motifs is 1. The summed E-state index contributed by atoms with van der Waals surface area (Å²) in [6.07, 6.45) is 10.3. The van der Waals surface area contributed by atoms with Gasteiger partial charge in [-0.05, 0) is 36.7 Å². The van der Waals surface area contributed by atoms with Crippen LogP contribution in [0.5, 0.6) is 0 Å². The normalized spacial score (nSPS) is 10.0. The summed E-state index contributed by atoms with van der Waals surface area (Å²) in [7, 11) is 1.50. The standard InChI is InChI=1S/C20H22N2O.C3H3N3OS.CH5N/c23-13-7-3-1-2-4-10-20-21-15-19(22-20)18-12-11-16-8-5-6-9-17(16)14-18;4-3(7)2-1-5-8-6-2;1-2/h5-6,8-9,11-15H,1-4,7,10H2,(H,21,22);1H,(H2,4,7);2H2,1H3. The number of nitrogens with two attached hydrogens (primary N) is 2. The van der Waals surface area contributed by atoms with E-state index < -0.39 is 5.91 Å². The fraction of sp³-hybridized carbons (Fsp3) is 0.292. The van der Waals surface area contributed by atoms with Crippen molar-refractivity contribution in [2.75, 3.05) is 7.05 Å². The minimum Gasteiger partial charge on any atom is -0.364 e. The van der Waals surface area contributed by atoms with E-state index >= 15 is 0 Å². The summed E-state index contributed by atoms with van der Waals surface area (Å²) in [5.41, 5.74) is 11.8. The topological polar surface area (TPSA) is 141 Å². The summed E-state index contributed by atoms with van der Waals surface area (Å²) < 4.78 is 7.14. The average Bonchev–Trinajstić information content (AvgIpc) is 3.56. The molecule has 2 heterocycles. The Kier molecular flexibility index (Phi) is 11.4. The molecular formula is C24H30N6O2S. The number of rotatable bonds is 9. The van der Waals surface area contributed by atoms with Gasteiger partial charge in [-0.25, -0.2) is 4.98 Å². The number of aromatic amines is 1. The van der Waals surface area contributed by atoms with Crippen LogP contribution in [0, 0.1) is 0 Å². The molecule has 0 aliphatic carbocycles. The van der Waals surface area contributed by atoms with Crippen LogP contribution in [0.1, 0.15) is 48.4 Å². The zero-order chi connectivity index (χ0) is 23.9. The van der Waals surface area contributed by atoms with E-state index in [1.165, 1.54) is 29.6 Å². The van der Waals surface area contributed by atoms with Crippen LogP contribution in [0.2, 0.25) is 0 Å². The number of unbranched alkanes of at least 4 members (excludes halogenated alkanes) is 4. The van der Waals surface area contributed by atoms with E-state index in [1.54, 1.807) is 0 Å². The number of carbonyl (C=O) groups excluding carboxylic acids is 2. The zero-order valence-electron chi connectivity index (χ0n) is 18.7. The molecule has 0 aliphatic rings.